The number of aliphatic imine (C=N–C) groups is 1. The van der Waals surface area contributed by atoms with Crippen molar-refractivity contribution in [2.24, 2.45) is 10.4 Å². The number of halogens is 8. The molecule has 3 fully saturated rings. The Morgan fingerprint density at radius 2 is 1.58 bits per heavy atom. The van der Waals surface area contributed by atoms with Gasteiger partial charge in [0.15, 0.2) is 5.78 Å². The fraction of sp³-hybridized carbons (Fsp3) is 0.533. The standard InChI is InChI=1S/C30H32F7N3O3S.ClH/c1-3-23-26(2,24(41)5-4-14-29(32,33)34)39-25(38-23)27-16-28(17-27,18-27)40(44(42,43)22-12-10-21(31)11-13-22)15-19-6-8-20(9-7-19)30(35,36)37;/h6-13,23H,3-5,14-18H2,1-2H3,(H,38,39);1H/t23-,26+,27?,28?;/m0./s1. The first-order valence-electron chi connectivity index (χ1n) is 14.2. The summed E-state index contributed by atoms with van der Waals surface area (Å²) >= 11 is 0. The van der Waals surface area contributed by atoms with E-state index >= 15 is 0 Å². The van der Waals surface area contributed by atoms with E-state index in [1.54, 1.807) is 6.92 Å². The number of alkyl halides is 6. The molecule has 2 aromatic carbocycles. The van der Waals surface area contributed by atoms with Gasteiger partial charge in [-0.1, -0.05) is 19.1 Å². The second-order valence-electron chi connectivity index (χ2n) is 12.3. The Bertz CT molecular complexity index is 1540. The minimum atomic E-state index is -4.56. The summed E-state index contributed by atoms with van der Waals surface area (Å²) in [5.41, 5.74) is -3.20. The van der Waals surface area contributed by atoms with Crippen molar-refractivity contribution in [3.8, 4) is 0 Å². The van der Waals surface area contributed by atoms with Crippen LogP contribution < -0.4 is 5.32 Å². The minimum absolute atomic E-state index is 0. The van der Waals surface area contributed by atoms with Gasteiger partial charge in [0.25, 0.3) is 0 Å². The summed E-state index contributed by atoms with van der Waals surface area (Å²) < 4.78 is 120. The highest BCUT2D eigenvalue weighted by Gasteiger charge is 2.75. The second kappa shape index (κ2) is 11.8. The number of amidine groups is 1. The van der Waals surface area contributed by atoms with Gasteiger partial charge in [-0.2, -0.15) is 30.6 Å². The third-order valence-corrected chi connectivity index (χ3v) is 11.2. The Hall–Kier alpha value is -2.71. The molecule has 45 heavy (non-hydrogen) atoms. The fourth-order valence-corrected chi connectivity index (χ4v) is 8.59. The zero-order valence-electron chi connectivity index (χ0n) is 24.4. The molecule has 0 saturated heterocycles. The maximum absolute atomic E-state index is 13.9. The zero-order chi connectivity index (χ0) is 32.3. The van der Waals surface area contributed by atoms with Crippen molar-refractivity contribution in [3.05, 3.63) is 65.5 Å². The monoisotopic (exact) mass is 683 g/mol. The van der Waals surface area contributed by atoms with E-state index in [-0.39, 0.29) is 42.5 Å². The summed E-state index contributed by atoms with van der Waals surface area (Å²) in [5, 5.41) is 3.20. The summed E-state index contributed by atoms with van der Waals surface area (Å²) in [6.45, 7) is 3.23. The lowest BCUT2D eigenvalue weighted by Gasteiger charge is -2.73. The highest BCUT2D eigenvalue weighted by atomic mass is 35.5. The Labute approximate surface area is 262 Å². The van der Waals surface area contributed by atoms with Crippen LogP contribution in [-0.4, -0.2) is 47.6 Å². The number of rotatable bonds is 11. The Kier molecular flexibility index (Phi) is 9.24. The Morgan fingerprint density at radius 3 is 2.09 bits per heavy atom. The van der Waals surface area contributed by atoms with Crippen LogP contribution in [0.2, 0.25) is 0 Å². The number of ketones is 1. The topological polar surface area (TPSA) is 78.8 Å². The zero-order valence-corrected chi connectivity index (χ0v) is 26.1. The van der Waals surface area contributed by atoms with Crippen molar-refractivity contribution in [3.63, 3.8) is 0 Å². The van der Waals surface area contributed by atoms with Crippen LogP contribution in [0.25, 0.3) is 0 Å². The molecule has 6 nitrogen and oxygen atoms in total. The van der Waals surface area contributed by atoms with Gasteiger partial charge in [-0.15, -0.1) is 12.4 Å². The molecule has 3 aliphatic carbocycles. The molecule has 2 bridgehead atoms. The third-order valence-electron chi connectivity index (χ3n) is 9.20. The number of hydrogen-bond acceptors (Lipinski definition) is 5. The summed E-state index contributed by atoms with van der Waals surface area (Å²) in [6.07, 6.45) is -9.17. The maximum Gasteiger partial charge on any atom is 0.416 e. The molecule has 0 amide bonds. The van der Waals surface area contributed by atoms with Crippen molar-refractivity contribution in [2.45, 2.75) is 99.7 Å². The molecule has 0 spiro atoms. The van der Waals surface area contributed by atoms with Crippen LogP contribution in [0.1, 0.15) is 69.9 Å². The van der Waals surface area contributed by atoms with Gasteiger partial charge in [-0.3, -0.25) is 9.79 Å². The number of sulfonamides is 1. The van der Waals surface area contributed by atoms with E-state index < -0.39 is 62.7 Å². The van der Waals surface area contributed by atoms with Crippen molar-refractivity contribution >= 4 is 34.0 Å². The molecule has 0 unspecified atom stereocenters. The van der Waals surface area contributed by atoms with Gasteiger partial charge in [0, 0.05) is 30.3 Å². The van der Waals surface area contributed by atoms with E-state index in [2.05, 4.69) is 5.32 Å². The van der Waals surface area contributed by atoms with Gasteiger partial charge in [0.1, 0.15) is 17.2 Å². The lowest BCUT2D eigenvalue weighted by atomic mass is 9.38. The first kappa shape index (κ1) is 35.1. The number of carbonyl (C=O) groups excluding carboxylic acids is 1. The van der Waals surface area contributed by atoms with Crippen molar-refractivity contribution < 1.29 is 43.9 Å². The SMILES string of the molecule is CC[C@@H]1N=C(C23CC(N(Cc4ccc(C(F)(F)F)cc4)S(=O)(=O)c4ccc(F)cc4)(C2)C3)N[C@@]1(C)C(=O)CCCC(F)(F)F.Cl. The molecular formula is C30H33ClF7N3O3S. The summed E-state index contributed by atoms with van der Waals surface area (Å²) in [5.74, 6) is -0.488. The minimum Gasteiger partial charge on any atom is -0.359 e. The number of carbonyl (C=O) groups is 1. The average molecular weight is 684 g/mol. The molecule has 2 aromatic rings. The molecule has 4 aliphatic rings. The lowest BCUT2D eigenvalue weighted by molar-refractivity contribution is -0.151. The normalized spacial score (nSPS) is 27.6. The Balaban J connectivity index is 0.00000461. The number of nitrogens with one attached hydrogen (secondary N) is 1. The number of benzene rings is 2. The molecule has 0 radical (unpaired) electrons. The number of Topliss-reactive ketones (excluding diaryl/α,β-unsaturated/α-hetero) is 1. The number of hydrogen-bond donors (Lipinski definition) is 1. The fourth-order valence-electron chi connectivity index (χ4n) is 6.84. The molecule has 6 rings (SSSR count). The first-order valence-corrected chi connectivity index (χ1v) is 15.7. The third kappa shape index (κ3) is 6.47. The van der Waals surface area contributed by atoms with Crippen LogP contribution >= 0.6 is 12.4 Å². The van der Waals surface area contributed by atoms with Gasteiger partial charge in [0.2, 0.25) is 10.0 Å². The van der Waals surface area contributed by atoms with E-state index in [0.717, 1.165) is 36.4 Å². The first-order chi connectivity index (χ1) is 20.3. The smallest absolute Gasteiger partial charge is 0.359 e. The highest BCUT2D eigenvalue weighted by molar-refractivity contribution is 7.89. The van der Waals surface area contributed by atoms with Gasteiger partial charge in [-0.25, -0.2) is 12.8 Å². The molecule has 15 heteroatoms. The van der Waals surface area contributed by atoms with Crippen molar-refractivity contribution in [2.75, 3.05) is 0 Å². The van der Waals surface area contributed by atoms with Crippen LogP contribution in [0, 0.1) is 11.2 Å². The molecule has 2 atom stereocenters. The maximum atomic E-state index is 13.9. The van der Waals surface area contributed by atoms with Gasteiger partial charge in [0.05, 0.1) is 16.5 Å². The quantitative estimate of drug-likeness (QED) is 0.254. The molecular weight excluding hydrogens is 651 g/mol. The Morgan fingerprint density at radius 1 is 1.00 bits per heavy atom. The molecule has 248 valence electrons. The van der Waals surface area contributed by atoms with Crippen LogP contribution in [0.4, 0.5) is 30.7 Å². The van der Waals surface area contributed by atoms with E-state index in [4.69, 9.17) is 4.99 Å². The van der Waals surface area contributed by atoms with Gasteiger partial charge >= 0.3 is 12.4 Å². The van der Waals surface area contributed by atoms with Gasteiger partial charge < -0.3 is 5.32 Å². The lowest BCUT2D eigenvalue weighted by Crippen LogP contribution is -2.79. The predicted octanol–water partition coefficient (Wildman–Crippen LogP) is 7.22. The second-order valence-corrected chi connectivity index (χ2v) is 14.2. The van der Waals surface area contributed by atoms with Crippen LogP contribution in [0.15, 0.2) is 58.4 Å². The summed E-state index contributed by atoms with van der Waals surface area (Å²) in [7, 11) is -4.22. The average Bonchev–Trinajstić information content (AvgIpc) is 3.23. The predicted molar refractivity (Wildman–Crippen MR) is 155 cm³/mol. The summed E-state index contributed by atoms with van der Waals surface area (Å²) in [6, 6.07) is 8.01. The highest BCUT2D eigenvalue weighted by Crippen LogP contribution is 2.71. The van der Waals surface area contributed by atoms with Crippen molar-refractivity contribution in [1.82, 2.24) is 9.62 Å². The molecule has 0 aromatic heterocycles. The summed E-state index contributed by atoms with van der Waals surface area (Å²) in [4.78, 5) is 17.7. The largest absolute Gasteiger partial charge is 0.416 e. The number of nitrogens with zero attached hydrogens (tertiary/aromatic N) is 2. The molecule has 1 aliphatic heterocycles. The van der Waals surface area contributed by atoms with Gasteiger partial charge in [-0.05, 0) is 81.0 Å². The van der Waals surface area contributed by atoms with Crippen LogP contribution in [0.3, 0.4) is 0 Å². The molecule has 1 N–H and O–H groups in total. The van der Waals surface area contributed by atoms with Crippen LogP contribution in [0.5, 0.6) is 0 Å². The van der Waals surface area contributed by atoms with Crippen molar-refractivity contribution in [1.29, 1.82) is 0 Å². The van der Waals surface area contributed by atoms with E-state index in [1.807, 2.05) is 6.92 Å². The van der Waals surface area contributed by atoms with E-state index in [0.29, 0.717) is 37.1 Å². The van der Waals surface area contributed by atoms with E-state index in [9.17, 15) is 43.9 Å². The van der Waals surface area contributed by atoms with Crippen LogP contribution in [-0.2, 0) is 27.5 Å². The molecule has 1 heterocycles. The molecule has 3 saturated carbocycles. The van der Waals surface area contributed by atoms with E-state index in [1.165, 1.54) is 16.4 Å².